The van der Waals surface area contributed by atoms with E-state index in [9.17, 15) is 9.90 Å². The van der Waals surface area contributed by atoms with E-state index in [0.29, 0.717) is 6.42 Å². The molecule has 23 heavy (non-hydrogen) atoms. The third kappa shape index (κ3) is 10.5. The summed E-state index contributed by atoms with van der Waals surface area (Å²) in [5, 5.41) is 18.9. The van der Waals surface area contributed by atoms with E-state index in [-0.39, 0.29) is 18.6 Å². The largest absolute Gasteiger partial charge is 0.481 e. The van der Waals surface area contributed by atoms with Crippen LogP contribution in [0.25, 0.3) is 0 Å². The summed E-state index contributed by atoms with van der Waals surface area (Å²) >= 11 is 0. The van der Waals surface area contributed by atoms with Crippen LogP contribution in [0.2, 0.25) is 0 Å². The molecule has 0 aromatic heterocycles. The number of carbonyl (C=O) groups is 1. The summed E-state index contributed by atoms with van der Waals surface area (Å²) in [7, 11) is 0. The van der Waals surface area contributed by atoms with Crippen LogP contribution >= 0.6 is 0 Å². The SMILES string of the molecule is CCCCCCCCCC(C)(O)/C=C/C1OC1CCCC(=O)O. The van der Waals surface area contributed by atoms with Crippen molar-refractivity contribution < 1.29 is 19.7 Å². The topological polar surface area (TPSA) is 70.1 Å². The van der Waals surface area contributed by atoms with Gasteiger partial charge >= 0.3 is 5.97 Å². The Morgan fingerprint density at radius 3 is 2.43 bits per heavy atom. The second-order valence-corrected chi connectivity index (χ2v) is 7.01. The number of unbranched alkanes of at least 4 members (excludes halogenated alkanes) is 6. The standard InChI is InChI=1S/C19H34O4/c1-3-4-5-6-7-8-9-14-19(2,22)15-13-17-16(23-17)11-10-12-18(20)21/h13,15-17,22H,3-12,14H2,1-2H3,(H,20,21)/b15-13+. The van der Waals surface area contributed by atoms with E-state index in [1.165, 1.54) is 38.5 Å². The number of epoxide rings is 1. The number of aliphatic hydroxyl groups is 1. The summed E-state index contributed by atoms with van der Waals surface area (Å²) in [4.78, 5) is 10.5. The Balaban J connectivity index is 2.07. The summed E-state index contributed by atoms with van der Waals surface area (Å²) in [5.41, 5.74) is -0.763. The first-order chi connectivity index (χ1) is 10.9. The lowest BCUT2D eigenvalue weighted by atomic mass is 9.96. The molecule has 1 fully saturated rings. The Morgan fingerprint density at radius 2 is 1.78 bits per heavy atom. The molecule has 2 N–H and O–H groups in total. The van der Waals surface area contributed by atoms with E-state index in [0.717, 1.165) is 19.3 Å². The van der Waals surface area contributed by atoms with Gasteiger partial charge in [-0.25, -0.2) is 0 Å². The molecule has 0 saturated carbocycles. The van der Waals surface area contributed by atoms with Crippen LogP contribution in [0.15, 0.2) is 12.2 Å². The van der Waals surface area contributed by atoms with Crippen LogP contribution in [-0.2, 0) is 9.53 Å². The fourth-order valence-electron chi connectivity index (χ4n) is 2.84. The molecule has 134 valence electrons. The van der Waals surface area contributed by atoms with Crippen LogP contribution in [0, 0.1) is 0 Å². The Labute approximate surface area is 140 Å². The average molecular weight is 326 g/mol. The molecule has 1 heterocycles. The van der Waals surface area contributed by atoms with Crippen molar-refractivity contribution in [3.05, 3.63) is 12.2 Å². The minimum Gasteiger partial charge on any atom is -0.481 e. The first-order valence-corrected chi connectivity index (χ1v) is 9.23. The molecule has 0 bridgehead atoms. The van der Waals surface area contributed by atoms with Crippen molar-refractivity contribution in [2.24, 2.45) is 0 Å². The Morgan fingerprint density at radius 1 is 1.13 bits per heavy atom. The maximum absolute atomic E-state index is 10.5. The Bertz CT molecular complexity index is 362. The third-order valence-electron chi connectivity index (χ3n) is 4.43. The van der Waals surface area contributed by atoms with Crippen LogP contribution in [0.1, 0.15) is 84.5 Å². The third-order valence-corrected chi connectivity index (χ3v) is 4.43. The van der Waals surface area contributed by atoms with E-state index >= 15 is 0 Å². The molecular weight excluding hydrogens is 292 g/mol. The van der Waals surface area contributed by atoms with Crippen molar-refractivity contribution in [1.82, 2.24) is 0 Å². The van der Waals surface area contributed by atoms with Gasteiger partial charge in [0.2, 0.25) is 0 Å². The van der Waals surface area contributed by atoms with Gasteiger partial charge in [0.05, 0.1) is 11.7 Å². The molecule has 4 nitrogen and oxygen atoms in total. The zero-order valence-corrected chi connectivity index (χ0v) is 14.8. The molecule has 0 spiro atoms. The van der Waals surface area contributed by atoms with E-state index in [4.69, 9.17) is 9.84 Å². The first kappa shape index (κ1) is 20.2. The monoisotopic (exact) mass is 326 g/mol. The number of hydrogen-bond donors (Lipinski definition) is 2. The highest BCUT2D eigenvalue weighted by Crippen LogP contribution is 2.29. The predicted molar refractivity (Wildman–Crippen MR) is 92.5 cm³/mol. The van der Waals surface area contributed by atoms with Crippen molar-refractivity contribution >= 4 is 5.97 Å². The lowest BCUT2D eigenvalue weighted by Gasteiger charge is -2.18. The van der Waals surface area contributed by atoms with E-state index in [1.54, 1.807) is 0 Å². The van der Waals surface area contributed by atoms with E-state index < -0.39 is 11.6 Å². The van der Waals surface area contributed by atoms with Gasteiger partial charge in [0.25, 0.3) is 0 Å². The highest BCUT2D eigenvalue weighted by molar-refractivity contribution is 5.66. The van der Waals surface area contributed by atoms with Gasteiger partial charge in [0, 0.05) is 6.42 Å². The number of hydrogen-bond acceptors (Lipinski definition) is 3. The molecular formula is C19H34O4. The molecule has 0 aliphatic carbocycles. The maximum Gasteiger partial charge on any atom is 0.303 e. The average Bonchev–Trinajstić information content (AvgIpc) is 3.22. The molecule has 0 amide bonds. The Hall–Kier alpha value is -0.870. The van der Waals surface area contributed by atoms with Crippen molar-refractivity contribution in [2.75, 3.05) is 0 Å². The van der Waals surface area contributed by atoms with Crippen LogP contribution in [0.4, 0.5) is 0 Å². The second-order valence-electron chi connectivity index (χ2n) is 7.01. The van der Waals surface area contributed by atoms with Crippen molar-refractivity contribution in [2.45, 2.75) is 102 Å². The lowest BCUT2D eigenvalue weighted by molar-refractivity contribution is -0.137. The minimum atomic E-state index is -0.763. The lowest BCUT2D eigenvalue weighted by Crippen LogP contribution is -2.20. The van der Waals surface area contributed by atoms with Gasteiger partial charge in [-0.15, -0.1) is 0 Å². The normalized spacial score (nSPS) is 23.1. The van der Waals surface area contributed by atoms with Crippen molar-refractivity contribution in [3.63, 3.8) is 0 Å². The van der Waals surface area contributed by atoms with Gasteiger partial charge < -0.3 is 14.9 Å². The number of ether oxygens (including phenoxy) is 1. The zero-order valence-electron chi connectivity index (χ0n) is 14.8. The van der Waals surface area contributed by atoms with Crippen LogP contribution in [0.3, 0.4) is 0 Å². The highest BCUT2D eigenvalue weighted by atomic mass is 16.6. The second kappa shape index (κ2) is 10.8. The van der Waals surface area contributed by atoms with Gasteiger partial charge in [-0.1, -0.05) is 64.0 Å². The van der Waals surface area contributed by atoms with Crippen molar-refractivity contribution in [3.8, 4) is 0 Å². The molecule has 1 saturated heterocycles. The summed E-state index contributed by atoms with van der Waals surface area (Å²) in [6, 6.07) is 0. The molecule has 3 unspecified atom stereocenters. The molecule has 0 aromatic carbocycles. The predicted octanol–water partition coefficient (Wildman–Crippen LogP) is 4.46. The fourth-order valence-corrected chi connectivity index (χ4v) is 2.84. The van der Waals surface area contributed by atoms with Gasteiger partial charge in [-0.2, -0.15) is 0 Å². The van der Waals surface area contributed by atoms with E-state index in [2.05, 4.69) is 6.92 Å². The molecule has 1 aliphatic rings. The van der Waals surface area contributed by atoms with E-state index in [1.807, 2.05) is 19.1 Å². The minimum absolute atomic E-state index is 0.0595. The summed E-state index contributed by atoms with van der Waals surface area (Å²) in [6.45, 7) is 4.08. The molecule has 1 aliphatic heterocycles. The summed E-state index contributed by atoms with van der Waals surface area (Å²) in [5.74, 6) is -0.754. The number of aliphatic carboxylic acids is 1. The zero-order chi connectivity index (χ0) is 17.1. The highest BCUT2D eigenvalue weighted by Gasteiger charge is 2.36. The van der Waals surface area contributed by atoms with Crippen LogP contribution < -0.4 is 0 Å². The van der Waals surface area contributed by atoms with Gasteiger partial charge in [-0.05, 0) is 26.2 Å². The van der Waals surface area contributed by atoms with Gasteiger partial charge in [-0.3, -0.25) is 4.79 Å². The summed E-state index contributed by atoms with van der Waals surface area (Å²) < 4.78 is 5.48. The van der Waals surface area contributed by atoms with Gasteiger partial charge in [0.15, 0.2) is 0 Å². The fraction of sp³-hybridized carbons (Fsp3) is 0.842. The number of rotatable bonds is 14. The molecule has 0 radical (unpaired) electrons. The number of carboxylic acids is 1. The van der Waals surface area contributed by atoms with Crippen molar-refractivity contribution in [1.29, 1.82) is 0 Å². The van der Waals surface area contributed by atoms with Crippen LogP contribution in [-0.4, -0.2) is 34.0 Å². The Kier molecular flexibility index (Phi) is 9.49. The molecule has 0 aromatic rings. The van der Waals surface area contributed by atoms with Gasteiger partial charge in [0.1, 0.15) is 6.10 Å². The number of carboxylic acid groups (broad SMARTS) is 1. The molecule has 1 rings (SSSR count). The first-order valence-electron chi connectivity index (χ1n) is 9.23. The maximum atomic E-state index is 10.5. The quantitative estimate of drug-likeness (QED) is 0.281. The molecule has 3 atom stereocenters. The van der Waals surface area contributed by atoms with Crippen LogP contribution in [0.5, 0.6) is 0 Å². The smallest absolute Gasteiger partial charge is 0.303 e. The summed E-state index contributed by atoms with van der Waals surface area (Å²) in [6.07, 6.45) is 15.1. The molecule has 4 heteroatoms.